The van der Waals surface area contributed by atoms with Crippen molar-refractivity contribution >= 4 is 13.7 Å². The van der Waals surface area contributed by atoms with Crippen LogP contribution in [0.2, 0.25) is 0 Å². The summed E-state index contributed by atoms with van der Waals surface area (Å²) in [7, 11) is 1.25. The van der Waals surface area contributed by atoms with Gasteiger partial charge in [0.1, 0.15) is 13.2 Å². The van der Waals surface area contributed by atoms with E-state index in [2.05, 4.69) is 55.6 Å². The fourth-order valence-corrected chi connectivity index (χ4v) is 6.70. The van der Waals surface area contributed by atoms with Gasteiger partial charge < -0.3 is 28.8 Å². The molecule has 316 valence electrons. The molecule has 0 saturated carbocycles. The molecule has 0 radical (unpaired) electrons. The lowest BCUT2D eigenvalue weighted by Gasteiger charge is -2.29. The van der Waals surface area contributed by atoms with Gasteiger partial charge in [0.25, 0.3) is 7.82 Å². The Balaban J connectivity index is 4.28. The zero-order chi connectivity index (χ0) is 40.0. The number of carbonyl (C=O) groups is 1. The van der Waals surface area contributed by atoms with Gasteiger partial charge >= 0.3 is 0 Å². The second-order valence-electron chi connectivity index (χ2n) is 16.0. The van der Waals surface area contributed by atoms with Crippen LogP contribution in [0.1, 0.15) is 181 Å². The summed E-state index contributed by atoms with van der Waals surface area (Å²) in [6.07, 6.45) is 45.9. The summed E-state index contributed by atoms with van der Waals surface area (Å²) >= 11 is 0. The number of allylic oxidation sites excluding steroid dienone is 7. The molecule has 0 aliphatic carbocycles. The Hall–Kier alpha value is -1.54. The number of unbranched alkanes of at least 4 members (excludes halogenated alkanes) is 20. The van der Waals surface area contributed by atoms with Crippen LogP contribution in [0.15, 0.2) is 48.6 Å². The Morgan fingerprint density at radius 1 is 0.648 bits per heavy atom. The number of phosphoric acid groups is 1. The summed E-state index contributed by atoms with van der Waals surface area (Å²) in [4.78, 5) is 25.2. The maximum absolute atomic E-state index is 12.8. The molecule has 1 amide bonds. The molecule has 2 N–H and O–H groups in total. The summed E-state index contributed by atoms with van der Waals surface area (Å²) in [5.74, 6) is -0.210. The lowest BCUT2D eigenvalue weighted by molar-refractivity contribution is -0.870. The van der Waals surface area contributed by atoms with Crippen LogP contribution in [0, 0.1) is 0 Å². The molecule has 3 atom stereocenters. The van der Waals surface area contributed by atoms with Crippen LogP contribution in [0.25, 0.3) is 0 Å². The van der Waals surface area contributed by atoms with E-state index in [1.807, 2.05) is 27.2 Å². The van der Waals surface area contributed by atoms with Crippen molar-refractivity contribution in [2.45, 2.75) is 193 Å². The summed E-state index contributed by atoms with van der Waals surface area (Å²) < 4.78 is 23.1. The first kappa shape index (κ1) is 52.5. The van der Waals surface area contributed by atoms with Gasteiger partial charge in [0, 0.05) is 6.42 Å². The second kappa shape index (κ2) is 37.1. The Morgan fingerprint density at radius 2 is 1.07 bits per heavy atom. The largest absolute Gasteiger partial charge is 0.756 e. The third kappa shape index (κ3) is 38.7. The predicted octanol–water partition coefficient (Wildman–Crippen LogP) is 11.4. The number of hydrogen-bond acceptors (Lipinski definition) is 6. The van der Waals surface area contributed by atoms with Gasteiger partial charge in [0.05, 0.1) is 39.9 Å². The van der Waals surface area contributed by atoms with Gasteiger partial charge in [-0.2, -0.15) is 0 Å². The molecule has 0 aromatic rings. The Kier molecular flexibility index (Phi) is 36.0. The highest BCUT2D eigenvalue weighted by molar-refractivity contribution is 7.45. The molecule has 0 bridgehead atoms. The zero-order valence-electron chi connectivity index (χ0n) is 35.7. The molecule has 54 heavy (non-hydrogen) atoms. The lowest BCUT2D eigenvalue weighted by Crippen LogP contribution is -2.45. The minimum Gasteiger partial charge on any atom is -0.756 e. The molecule has 0 aliphatic heterocycles. The van der Waals surface area contributed by atoms with Crippen molar-refractivity contribution in [2.24, 2.45) is 0 Å². The van der Waals surface area contributed by atoms with Gasteiger partial charge in [0.2, 0.25) is 5.91 Å². The number of likely N-dealkylation sites (N-methyl/N-ethyl adjacent to an activating group) is 1. The van der Waals surface area contributed by atoms with E-state index < -0.39 is 20.0 Å². The number of nitrogens with one attached hydrogen (secondary N) is 1. The highest BCUT2D eigenvalue weighted by atomic mass is 31.2. The van der Waals surface area contributed by atoms with Crippen molar-refractivity contribution in [1.29, 1.82) is 0 Å². The van der Waals surface area contributed by atoms with E-state index in [4.69, 9.17) is 9.05 Å². The van der Waals surface area contributed by atoms with Crippen molar-refractivity contribution in [3.05, 3.63) is 48.6 Å². The maximum atomic E-state index is 12.8. The van der Waals surface area contributed by atoms with E-state index in [-0.39, 0.29) is 19.1 Å². The molecule has 0 heterocycles. The summed E-state index contributed by atoms with van der Waals surface area (Å²) in [6, 6.07) is -0.889. The van der Waals surface area contributed by atoms with Crippen LogP contribution in [0.4, 0.5) is 0 Å². The molecule has 0 spiro atoms. The van der Waals surface area contributed by atoms with Crippen molar-refractivity contribution in [2.75, 3.05) is 40.9 Å². The number of aliphatic hydroxyl groups excluding tert-OH is 1. The summed E-state index contributed by atoms with van der Waals surface area (Å²) in [6.45, 7) is 4.58. The molecule has 0 fully saturated rings. The Labute approximate surface area is 333 Å². The standard InChI is InChI=1S/C45H85N2O6P/c1-6-8-10-12-14-16-17-18-19-20-21-22-23-24-25-26-27-28-29-31-33-35-37-39-45(49)46-43(42-53-54(50,51)52-41-40-47(3,4)5)44(48)38-36-34-32-30-15-13-11-9-7-2/h17-18,20-21,23-24,36,38,43-44,48H,6-16,19,22,25-35,37,39-42H2,1-5H3,(H-,46,49,50,51)/b18-17-,21-20-,24-23-,38-36+. The van der Waals surface area contributed by atoms with Crippen LogP contribution in [-0.2, 0) is 18.4 Å². The molecule has 0 aromatic carbocycles. The highest BCUT2D eigenvalue weighted by Crippen LogP contribution is 2.38. The number of amides is 1. The molecule has 0 aliphatic rings. The monoisotopic (exact) mass is 781 g/mol. The zero-order valence-corrected chi connectivity index (χ0v) is 36.6. The second-order valence-corrected chi connectivity index (χ2v) is 17.5. The summed E-state index contributed by atoms with van der Waals surface area (Å²) in [5.41, 5.74) is 0. The van der Waals surface area contributed by atoms with E-state index >= 15 is 0 Å². The van der Waals surface area contributed by atoms with E-state index in [0.29, 0.717) is 17.4 Å². The van der Waals surface area contributed by atoms with Crippen LogP contribution in [0.5, 0.6) is 0 Å². The molecular weight excluding hydrogens is 695 g/mol. The van der Waals surface area contributed by atoms with Gasteiger partial charge in [-0.05, 0) is 57.8 Å². The highest BCUT2D eigenvalue weighted by Gasteiger charge is 2.23. The predicted molar refractivity (Wildman–Crippen MR) is 228 cm³/mol. The van der Waals surface area contributed by atoms with E-state index in [0.717, 1.165) is 57.8 Å². The lowest BCUT2D eigenvalue weighted by atomic mass is 10.1. The van der Waals surface area contributed by atoms with Crippen molar-refractivity contribution in [1.82, 2.24) is 5.32 Å². The van der Waals surface area contributed by atoms with Gasteiger partial charge in [0.15, 0.2) is 0 Å². The van der Waals surface area contributed by atoms with Crippen molar-refractivity contribution < 1.29 is 32.9 Å². The first-order chi connectivity index (χ1) is 26.0. The molecule has 9 heteroatoms. The number of carbonyl (C=O) groups excluding carboxylic acids is 1. The smallest absolute Gasteiger partial charge is 0.268 e. The Morgan fingerprint density at radius 3 is 1.56 bits per heavy atom. The molecule has 0 rings (SSSR count). The number of quaternary nitrogens is 1. The topological polar surface area (TPSA) is 108 Å². The van der Waals surface area contributed by atoms with Crippen LogP contribution >= 0.6 is 7.82 Å². The molecule has 8 nitrogen and oxygen atoms in total. The minimum atomic E-state index is -4.58. The fourth-order valence-electron chi connectivity index (χ4n) is 5.98. The van der Waals surface area contributed by atoms with Crippen LogP contribution in [-0.4, -0.2) is 68.5 Å². The normalized spacial score (nSPS) is 14.9. The summed E-state index contributed by atoms with van der Waals surface area (Å²) in [5, 5.41) is 13.7. The van der Waals surface area contributed by atoms with Crippen molar-refractivity contribution in [3.8, 4) is 0 Å². The van der Waals surface area contributed by atoms with Gasteiger partial charge in [-0.1, -0.05) is 165 Å². The number of rotatable bonds is 39. The first-order valence-corrected chi connectivity index (χ1v) is 23.5. The average molecular weight is 781 g/mol. The first-order valence-electron chi connectivity index (χ1n) is 22.0. The molecule has 3 unspecified atom stereocenters. The SMILES string of the molecule is CCCCCCC/C=C\C/C=C\C/C=C\CCCCCCCCCCC(=O)NC(COP(=O)([O-])OCC[N+](C)(C)C)C(O)/C=C/CCCCCCCCC. The number of hydrogen-bond donors (Lipinski definition) is 2. The number of phosphoric ester groups is 1. The van der Waals surface area contributed by atoms with Gasteiger partial charge in [-0.25, -0.2) is 0 Å². The maximum Gasteiger partial charge on any atom is 0.268 e. The van der Waals surface area contributed by atoms with E-state index in [9.17, 15) is 19.4 Å². The third-order valence-electron chi connectivity index (χ3n) is 9.53. The van der Waals surface area contributed by atoms with Gasteiger partial charge in [-0.15, -0.1) is 0 Å². The van der Waals surface area contributed by atoms with E-state index in [1.54, 1.807) is 6.08 Å². The number of nitrogens with zero attached hydrogens (tertiary/aromatic N) is 1. The molecular formula is C45H85N2O6P. The number of aliphatic hydroxyl groups is 1. The molecule has 0 aromatic heterocycles. The quantitative estimate of drug-likeness (QED) is 0.0278. The Bertz CT molecular complexity index is 1020. The van der Waals surface area contributed by atoms with Gasteiger partial charge in [-0.3, -0.25) is 9.36 Å². The van der Waals surface area contributed by atoms with Crippen LogP contribution < -0.4 is 10.2 Å². The fraction of sp³-hybridized carbons (Fsp3) is 0.800. The third-order valence-corrected chi connectivity index (χ3v) is 10.5. The molecule has 0 saturated heterocycles. The van der Waals surface area contributed by atoms with E-state index in [1.165, 1.54) is 103 Å². The average Bonchev–Trinajstić information content (AvgIpc) is 3.12. The minimum absolute atomic E-state index is 0.00443. The van der Waals surface area contributed by atoms with Crippen LogP contribution in [0.3, 0.4) is 0 Å². The van der Waals surface area contributed by atoms with Crippen molar-refractivity contribution in [3.63, 3.8) is 0 Å².